The molecule has 0 atom stereocenters. The van der Waals surface area contributed by atoms with Crippen LogP contribution in [0.2, 0.25) is 20.1 Å². The minimum absolute atomic E-state index is 0.125. The van der Waals surface area contributed by atoms with Gasteiger partial charge < -0.3 is 0 Å². The summed E-state index contributed by atoms with van der Waals surface area (Å²) < 4.78 is 0. The summed E-state index contributed by atoms with van der Waals surface area (Å²) in [5, 5.41) is 0.636. The quantitative estimate of drug-likeness (QED) is 0.332. The van der Waals surface area contributed by atoms with E-state index in [0.29, 0.717) is 31.2 Å². The molecular formula is C23H15Cl4N3O4S2. The Morgan fingerprint density at radius 2 is 1.11 bits per heavy atom. The number of imide groups is 2. The highest BCUT2D eigenvalue weighted by molar-refractivity contribution is 8.18. The van der Waals surface area contributed by atoms with Crippen molar-refractivity contribution >= 4 is 104 Å². The van der Waals surface area contributed by atoms with Gasteiger partial charge in [0.2, 0.25) is 0 Å². The Hall–Kier alpha value is -1.98. The summed E-state index contributed by atoms with van der Waals surface area (Å²) in [7, 11) is 1.59. The average molecular weight is 603 g/mol. The van der Waals surface area contributed by atoms with E-state index >= 15 is 0 Å². The van der Waals surface area contributed by atoms with Gasteiger partial charge in [0.15, 0.2) is 0 Å². The zero-order valence-corrected chi connectivity index (χ0v) is 23.0. The van der Waals surface area contributed by atoms with Gasteiger partial charge in [-0.1, -0.05) is 58.5 Å². The molecule has 2 saturated heterocycles. The molecule has 0 saturated carbocycles. The Kier molecular flexibility index (Phi) is 8.41. The fourth-order valence-electron chi connectivity index (χ4n) is 3.29. The molecule has 0 N–H and O–H groups in total. The van der Waals surface area contributed by atoms with Crippen molar-refractivity contribution in [2.45, 2.75) is 0 Å². The van der Waals surface area contributed by atoms with E-state index in [1.807, 2.05) is 0 Å². The highest BCUT2D eigenvalue weighted by Gasteiger charge is 2.39. The predicted molar refractivity (Wildman–Crippen MR) is 146 cm³/mol. The summed E-state index contributed by atoms with van der Waals surface area (Å²) in [5.74, 6) is -1.01. The first-order valence-electron chi connectivity index (χ1n) is 10.1. The van der Waals surface area contributed by atoms with Crippen LogP contribution in [-0.2, 0) is 9.59 Å². The molecule has 2 aromatic carbocycles. The van der Waals surface area contributed by atoms with Crippen LogP contribution < -0.4 is 0 Å². The van der Waals surface area contributed by atoms with Crippen LogP contribution in [0.1, 0.15) is 11.1 Å². The Bertz CT molecular complexity index is 1260. The molecule has 0 spiro atoms. The monoisotopic (exact) mass is 601 g/mol. The van der Waals surface area contributed by atoms with E-state index in [1.165, 1.54) is 17.1 Å². The van der Waals surface area contributed by atoms with E-state index in [-0.39, 0.29) is 23.1 Å². The molecule has 0 unspecified atom stereocenters. The van der Waals surface area contributed by atoms with E-state index in [2.05, 4.69) is 0 Å². The Morgan fingerprint density at radius 3 is 1.47 bits per heavy atom. The first kappa shape index (κ1) is 27.1. The second kappa shape index (κ2) is 11.2. The number of amides is 4. The lowest BCUT2D eigenvalue weighted by Gasteiger charge is -2.25. The van der Waals surface area contributed by atoms with E-state index < -0.39 is 22.3 Å². The van der Waals surface area contributed by atoms with E-state index in [4.69, 9.17) is 46.4 Å². The molecule has 4 amide bonds. The number of thioether (sulfide) groups is 2. The van der Waals surface area contributed by atoms with Gasteiger partial charge in [-0.3, -0.25) is 33.9 Å². The third-order valence-electron chi connectivity index (χ3n) is 5.01. The summed E-state index contributed by atoms with van der Waals surface area (Å²) >= 11 is 25.7. The van der Waals surface area contributed by atoms with Crippen LogP contribution in [0.25, 0.3) is 12.2 Å². The van der Waals surface area contributed by atoms with Gasteiger partial charge in [-0.2, -0.15) is 0 Å². The van der Waals surface area contributed by atoms with Crippen LogP contribution in [0.4, 0.5) is 9.59 Å². The topological polar surface area (TPSA) is 78.0 Å². The highest BCUT2D eigenvalue weighted by atomic mass is 35.5. The normalized spacial score (nSPS) is 18.6. The lowest BCUT2D eigenvalue weighted by atomic mass is 10.2. The maximum absolute atomic E-state index is 12.8. The molecule has 4 rings (SSSR count). The molecule has 0 aromatic heterocycles. The summed E-state index contributed by atoms with van der Waals surface area (Å²) in [6, 6.07) is 9.63. The number of rotatable bonds is 6. The summed E-state index contributed by atoms with van der Waals surface area (Å²) in [6.45, 7) is -0.250. The summed E-state index contributed by atoms with van der Waals surface area (Å²) in [4.78, 5) is 54.7. The molecule has 2 aromatic rings. The number of nitrogens with zero attached hydrogens (tertiary/aromatic N) is 3. The number of carbonyl (C=O) groups excluding carboxylic acids is 4. The third kappa shape index (κ3) is 5.94. The SMILES string of the molecule is CN(CN1C(=O)S/C(=C/c2ccc(Cl)cc2Cl)C1=O)CN1C(=O)S/C(=C/c2ccc(Cl)cc2Cl)C1=O. The minimum atomic E-state index is -0.505. The van der Waals surface area contributed by atoms with Gasteiger partial charge in [0.1, 0.15) is 0 Å². The number of benzene rings is 2. The Morgan fingerprint density at radius 1 is 0.722 bits per heavy atom. The molecule has 0 aliphatic carbocycles. The highest BCUT2D eigenvalue weighted by Crippen LogP contribution is 2.36. The first-order valence-corrected chi connectivity index (χ1v) is 13.3. The molecule has 2 aliphatic rings. The van der Waals surface area contributed by atoms with E-state index in [1.54, 1.807) is 43.4 Å². The van der Waals surface area contributed by atoms with Crippen LogP contribution in [0, 0.1) is 0 Å². The molecule has 0 bridgehead atoms. The van der Waals surface area contributed by atoms with Crippen LogP contribution in [0.3, 0.4) is 0 Å². The van der Waals surface area contributed by atoms with Gasteiger partial charge in [-0.05, 0) is 78.1 Å². The van der Waals surface area contributed by atoms with Crippen molar-refractivity contribution in [1.82, 2.24) is 14.7 Å². The molecule has 2 heterocycles. The van der Waals surface area contributed by atoms with Crippen molar-refractivity contribution in [2.75, 3.05) is 20.4 Å². The molecule has 13 heteroatoms. The molecule has 36 heavy (non-hydrogen) atoms. The van der Waals surface area contributed by atoms with Gasteiger partial charge in [-0.25, -0.2) is 0 Å². The average Bonchev–Trinajstić information content (AvgIpc) is 3.21. The zero-order chi connectivity index (χ0) is 26.1. The minimum Gasteiger partial charge on any atom is -0.270 e. The fraction of sp³-hybridized carbons (Fsp3) is 0.130. The number of halogens is 4. The van der Waals surface area contributed by atoms with Gasteiger partial charge in [-0.15, -0.1) is 0 Å². The van der Waals surface area contributed by atoms with Gasteiger partial charge in [0.05, 0.1) is 23.1 Å². The number of hydrogen-bond donors (Lipinski definition) is 0. The van der Waals surface area contributed by atoms with E-state index in [0.717, 1.165) is 33.3 Å². The van der Waals surface area contributed by atoms with Crippen molar-refractivity contribution in [3.8, 4) is 0 Å². The van der Waals surface area contributed by atoms with Crippen LogP contribution >= 0.6 is 69.9 Å². The van der Waals surface area contributed by atoms with Crippen molar-refractivity contribution in [2.24, 2.45) is 0 Å². The lowest BCUT2D eigenvalue weighted by molar-refractivity contribution is -0.125. The molecular weight excluding hydrogens is 588 g/mol. The molecule has 7 nitrogen and oxygen atoms in total. The van der Waals surface area contributed by atoms with Crippen LogP contribution in [0.15, 0.2) is 46.2 Å². The second-order valence-electron chi connectivity index (χ2n) is 7.69. The van der Waals surface area contributed by atoms with E-state index in [9.17, 15) is 19.2 Å². The molecule has 2 aliphatic heterocycles. The summed E-state index contributed by atoms with van der Waals surface area (Å²) in [6.07, 6.45) is 3.04. The zero-order valence-electron chi connectivity index (χ0n) is 18.3. The molecule has 2 fully saturated rings. The Balaban J connectivity index is 1.43. The Labute approximate surface area is 234 Å². The fourth-order valence-corrected chi connectivity index (χ4v) is 5.86. The number of hydrogen-bond acceptors (Lipinski definition) is 7. The van der Waals surface area contributed by atoms with Crippen molar-refractivity contribution in [1.29, 1.82) is 0 Å². The largest absolute Gasteiger partial charge is 0.294 e. The smallest absolute Gasteiger partial charge is 0.270 e. The maximum Gasteiger partial charge on any atom is 0.294 e. The maximum atomic E-state index is 12.8. The first-order chi connectivity index (χ1) is 17.0. The molecule has 0 radical (unpaired) electrons. The lowest BCUT2D eigenvalue weighted by Crippen LogP contribution is -2.45. The van der Waals surface area contributed by atoms with Gasteiger partial charge in [0, 0.05) is 20.1 Å². The number of carbonyl (C=O) groups is 4. The van der Waals surface area contributed by atoms with Crippen LogP contribution in [-0.4, -0.2) is 57.4 Å². The van der Waals surface area contributed by atoms with Crippen molar-refractivity contribution < 1.29 is 19.2 Å². The third-order valence-corrected chi connectivity index (χ3v) is 7.95. The van der Waals surface area contributed by atoms with Crippen molar-refractivity contribution in [3.63, 3.8) is 0 Å². The van der Waals surface area contributed by atoms with Crippen LogP contribution in [0.5, 0.6) is 0 Å². The summed E-state index contributed by atoms with van der Waals surface area (Å²) in [5.41, 5.74) is 1.09. The molecule has 186 valence electrons. The standard InChI is InChI=1S/C23H15Cl4N3O4S2/c1-28(10-29-20(31)18(35-22(29)33)6-12-2-4-14(24)8-16(12)26)11-30-21(32)19(36-23(30)34)7-13-3-5-15(25)9-17(13)27/h2-9H,10-11H2,1H3/b18-6+,19-7+. The van der Waals surface area contributed by atoms with Crippen molar-refractivity contribution in [3.05, 3.63) is 77.4 Å². The van der Waals surface area contributed by atoms with Gasteiger partial charge in [0.25, 0.3) is 22.3 Å². The van der Waals surface area contributed by atoms with Gasteiger partial charge >= 0.3 is 0 Å². The second-order valence-corrected chi connectivity index (χ2v) is 11.4. The predicted octanol–water partition coefficient (Wildman–Crippen LogP) is 6.92.